The molecule has 122 valence electrons. The van der Waals surface area contributed by atoms with Crippen LogP contribution in [0.2, 0.25) is 0 Å². The van der Waals surface area contributed by atoms with Crippen molar-refractivity contribution in [2.75, 3.05) is 12.4 Å². The van der Waals surface area contributed by atoms with Crippen LogP contribution in [0, 0.1) is 17.1 Å². The van der Waals surface area contributed by atoms with E-state index in [2.05, 4.69) is 10.3 Å². The third kappa shape index (κ3) is 3.35. The molecule has 0 aliphatic heterocycles. The minimum Gasteiger partial charge on any atom is -0.465 e. The smallest absolute Gasteiger partial charge is 0.339 e. The van der Waals surface area contributed by atoms with Gasteiger partial charge >= 0.3 is 5.97 Å². The first kappa shape index (κ1) is 15.9. The topological polar surface area (TPSA) is 75.0 Å². The summed E-state index contributed by atoms with van der Waals surface area (Å²) >= 11 is 0. The van der Waals surface area contributed by atoms with Gasteiger partial charge in [-0.2, -0.15) is 5.26 Å². The van der Waals surface area contributed by atoms with Gasteiger partial charge in [-0.1, -0.05) is 0 Å². The fourth-order valence-corrected chi connectivity index (χ4v) is 2.52. The van der Waals surface area contributed by atoms with E-state index in [1.165, 1.54) is 25.3 Å². The van der Waals surface area contributed by atoms with Crippen molar-refractivity contribution >= 4 is 11.7 Å². The average Bonchev–Trinajstić information content (AvgIpc) is 3.44. The molecule has 24 heavy (non-hydrogen) atoms. The molecule has 1 aliphatic carbocycles. The molecule has 1 saturated carbocycles. The van der Waals surface area contributed by atoms with Crippen LogP contribution < -0.4 is 5.32 Å². The average molecular weight is 325 g/mol. The first-order valence-electron chi connectivity index (χ1n) is 7.64. The number of hydrogen-bond acceptors (Lipinski definition) is 5. The van der Waals surface area contributed by atoms with E-state index < -0.39 is 5.82 Å². The maximum Gasteiger partial charge on any atom is 0.339 e. The minimum atomic E-state index is -0.450. The molecule has 0 bridgehead atoms. The number of nitrogens with one attached hydrogen (secondary N) is 1. The molecule has 0 spiro atoms. The van der Waals surface area contributed by atoms with Crippen LogP contribution in [0.3, 0.4) is 0 Å². The first-order valence-corrected chi connectivity index (χ1v) is 7.64. The number of pyridine rings is 1. The minimum absolute atomic E-state index is 0.239. The molecule has 2 aromatic rings. The van der Waals surface area contributed by atoms with Gasteiger partial charge in [0.15, 0.2) is 0 Å². The highest BCUT2D eigenvalue weighted by molar-refractivity contribution is 5.90. The van der Waals surface area contributed by atoms with Crippen molar-refractivity contribution in [2.24, 2.45) is 0 Å². The molecule has 1 fully saturated rings. The Morgan fingerprint density at radius 3 is 2.88 bits per heavy atom. The third-order valence-electron chi connectivity index (χ3n) is 3.91. The van der Waals surface area contributed by atoms with Gasteiger partial charge in [0.2, 0.25) is 0 Å². The fourth-order valence-electron chi connectivity index (χ4n) is 2.52. The molecule has 1 aromatic heterocycles. The molecule has 0 saturated heterocycles. The zero-order valence-corrected chi connectivity index (χ0v) is 13.2. The summed E-state index contributed by atoms with van der Waals surface area (Å²) in [5.41, 5.74) is 2.80. The molecule has 1 N–H and O–H groups in total. The Labute approximate surface area is 139 Å². The normalized spacial score (nSPS) is 13.2. The SMILES string of the molecule is COC(=O)c1ccc(CNc2ccc(F)cc2C#N)nc1C1CC1. The van der Waals surface area contributed by atoms with Gasteiger partial charge in [-0.05, 0) is 43.2 Å². The number of aromatic nitrogens is 1. The molecular weight excluding hydrogens is 309 g/mol. The van der Waals surface area contributed by atoms with Crippen LogP contribution in [0.1, 0.15) is 46.1 Å². The molecule has 1 aliphatic rings. The number of benzene rings is 1. The summed E-state index contributed by atoms with van der Waals surface area (Å²) < 4.78 is 18.0. The van der Waals surface area contributed by atoms with Crippen molar-refractivity contribution in [3.05, 3.63) is 58.7 Å². The highest BCUT2D eigenvalue weighted by Gasteiger charge is 2.30. The number of halogens is 1. The number of carbonyl (C=O) groups excluding carboxylic acids is 1. The van der Waals surface area contributed by atoms with E-state index in [1.54, 1.807) is 12.1 Å². The van der Waals surface area contributed by atoms with Gasteiger partial charge < -0.3 is 10.1 Å². The molecular formula is C18H16FN3O2. The van der Waals surface area contributed by atoms with Gasteiger partial charge in [0, 0.05) is 5.92 Å². The van der Waals surface area contributed by atoms with E-state index in [-0.39, 0.29) is 11.5 Å². The number of nitriles is 1. The zero-order valence-electron chi connectivity index (χ0n) is 13.2. The Morgan fingerprint density at radius 2 is 2.21 bits per heavy atom. The van der Waals surface area contributed by atoms with Crippen LogP contribution in [0.5, 0.6) is 0 Å². The maximum absolute atomic E-state index is 13.2. The number of hydrogen-bond donors (Lipinski definition) is 1. The summed E-state index contributed by atoms with van der Waals surface area (Å²) in [6.45, 7) is 0.376. The van der Waals surface area contributed by atoms with Crippen LogP contribution >= 0.6 is 0 Å². The van der Waals surface area contributed by atoms with Gasteiger partial charge in [-0.15, -0.1) is 0 Å². The number of esters is 1. The Morgan fingerprint density at radius 1 is 1.42 bits per heavy atom. The Hall–Kier alpha value is -2.94. The van der Waals surface area contributed by atoms with E-state index in [4.69, 9.17) is 10.00 Å². The number of rotatable bonds is 5. The van der Waals surface area contributed by atoms with Crippen LogP contribution in [-0.2, 0) is 11.3 Å². The highest BCUT2D eigenvalue weighted by atomic mass is 19.1. The molecule has 0 radical (unpaired) electrons. The molecule has 0 unspecified atom stereocenters. The van der Waals surface area contributed by atoms with Crippen molar-refractivity contribution in [1.82, 2.24) is 4.98 Å². The van der Waals surface area contributed by atoms with Crippen LogP contribution in [0.4, 0.5) is 10.1 Å². The van der Waals surface area contributed by atoms with Crippen molar-refractivity contribution in [3.63, 3.8) is 0 Å². The van der Waals surface area contributed by atoms with Crippen LogP contribution in [0.25, 0.3) is 0 Å². The second-order valence-corrected chi connectivity index (χ2v) is 5.66. The van der Waals surface area contributed by atoms with Crippen molar-refractivity contribution in [1.29, 1.82) is 5.26 Å². The molecule has 1 heterocycles. The van der Waals surface area contributed by atoms with Crippen molar-refractivity contribution in [2.45, 2.75) is 25.3 Å². The molecule has 5 nitrogen and oxygen atoms in total. The number of methoxy groups -OCH3 is 1. The quantitative estimate of drug-likeness (QED) is 0.853. The Kier molecular flexibility index (Phi) is 4.43. The Balaban J connectivity index is 1.80. The largest absolute Gasteiger partial charge is 0.465 e. The number of carbonyl (C=O) groups is 1. The monoisotopic (exact) mass is 325 g/mol. The Bertz CT molecular complexity index is 825. The fraction of sp³-hybridized carbons (Fsp3) is 0.278. The zero-order chi connectivity index (χ0) is 17.1. The third-order valence-corrected chi connectivity index (χ3v) is 3.91. The summed E-state index contributed by atoms with van der Waals surface area (Å²) in [5.74, 6) is -0.526. The van der Waals surface area contributed by atoms with Gasteiger partial charge in [0.05, 0.1) is 41.9 Å². The lowest BCUT2D eigenvalue weighted by atomic mass is 10.1. The van der Waals surface area contributed by atoms with Gasteiger partial charge in [0.25, 0.3) is 0 Å². The second-order valence-electron chi connectivity index (χ2n) is 5.66. The predicted octanol–water partition coefficient (Wildman–Crippen LogP) is 3.37. The molecule has 0 atom stereocenters. The number of anilines is 1. The molecule has 6 heteroatoms. The summed E-state index contributed by atoms with van der Waals surface area (Å²) in [4.78, 5) is 16.4. The van der Waals surface area contributed by atoms with Gasteiger partial charge in [-0.3, -0.25) is 4.98 Å². The van der Waals surface area contributed by atoms with Crippen molar-refractivity contribution in [3.8, 4) is 6.07 Å². The van der Waals surface area contributed by atoms with Gasteiger partial charge in [0.1, 0.15) is 11.9 Å². The van der Waals surface area contributed by atoms with E-state index in [0.29, 0.717) is 23.7 Å². The van der Waals surface area contributed by atoms with E-state index in [9.17, 15) is 9.18 Å². The standard InChI is InChI=1S/C18H16FN3O2/c1-24-18(23)15-6-5-14(22-17(15)11-2-3-11)10-21-16-7-4-13(19)8-12(16)9-20/h4-8,11,21H,2-3,10H2,1H3. The summed E-state index contributed by atoms with van der Waals surface area (Å²) in [7, 11) is 1.35. The first-order chi connectivity index (χ1) is 11.6. The maximum atomic E-state index is 13.2. The lowest BCUT2D eigenvalue weighted by Gasteiger charge is -2.11. The lowest BCUT2D eigenvalue weighted by Crippen LogP contribution is -2.10. The van der Waals surface area contributed by atoms with Crippen LogP contribution in [-0.4, -0.2) is 18.1 Å². The van der Waals surface area contributed by atoms with E-state index >= 15 is 0 Å². The summed E-state index contributed by atoms with van der Waals surface area (Å²) in [5, 5.41) is 12.2. The molecule has 3 rings (SSSR count). The second kappa shape index (κ2) is 6.67. The predicted molar refractivity (Wildman–Crippen MR) is 86.0 cm³/mol. The number of nitrogens with zero attached hydrogens (tertiary/aromatic N) is 2. The van der Waals surface area contributed by atoms with Crippen LogP contribution in [0.15, 0.2) is 30.3 Å². The van der Waals surface area contributed by atoms with E-state index in [0.717, 1.165) is 24.2 Å². The number of ether oxygens (including phenoxy) is 1. The van der Waals surface area contributed by atoms with Crippen molar-refractivity contribution < 1.29 is 13.9 Å². The lowest BCUT2D eigenvalue weighted by molar-refractivity contribution is 0.0598. The highest BCUT2D eigenvalue weighted by Crippen LogP contribution is 2.40. The summed E-state index contributed by atoms with van der Waals surface area (Å²) in [6.07, 6.45) is 2.04. The van der Waals surface area contributed by atoms with Gasteiger partial charge in [-0.25, -0.2) is 9.18 Å². The summed E-state index contributed by atoms with van der Waals surface area (Å²) in [6, 6.07) is 9.44. The van der Waals surface area contributed by atoms with E-state index in [1.807, 2.05) is 6.07 Å². The molecule has 1 aromatic carbocycles. The molecule has 0 amide bonds.